The highest BCUT2D eigenvalue weighted by Crippen LogP contribution is 2.40. The summed E-state index contributed by atoms with van der Waals surface area (Å²) in [5.41, 5.74) is 1.32. The predicted octanol–water partition coefficient (Wildman–Crippen LogP) is 2.33. The number of likely N-dealkylation sites (N-methyl/N-ethyl adjacent to an activating group) is 1. The van der Waals surface area contributed by atoms with Crippen LogP contribution in [0.4, 0.5) is 0 Å². The Labute approximate surface area is 127 Å². The number of nitrogens with zero attached hydrogens (tertiary/aromatic N) is 2. The van der Waals surface area contributed by atoms with Crippen LogP contribution in [-0.4, -0.2) is 29.0 Å². The molecule has 2 heterocycles. The Balaban J connectivity index is 1.90. The van der Waals surface area contributed by atoms with Crippen molar-refractivity contribution in [2.45, 2.75) is 33.1 Å². The highest BCUT2D eigenvalue weighted by Gasteiger charge is 2.23. The molecule has 3 rings (SSSR count). The molecule has 0 saturated carbocycles. The van der Waals surface area contributed by atoms with Crippen LogP contribution in [0.2, 0.25) is 0 Å². The Morgan fingerprint density at radius 2 is 2.38 bits per heavy atom. The van der Waals surface area contributed by atoms with E-state index < -0.39 is 0 Å². The minimum Gasteiger partial charge on any atom is -0.467 e. The Hall–Kier alpha value is -1.69. The number of rotatable bonds is 4. The van der Waals surface area contributed by atoms with Gasteiger partial charge < -0.3 is 10.1 Å². The summed E-state index contributed by atoms with van der Waals surface area (Å²) in [6.45, 7) is 4.77. The fourth-order valence-electron chi connectivity index (χ4n) is 2.74. The lowest BCUT2D eigenvalue weighted by Gasteiger charge is -2.18. The first-order chi connectivity index (χ1) is 10.2. The zero-order valence-corrected chi connectivity index (χ0v) is 13.1. The molecule has 0 bridgehead atoms. The monoisotopic (exact) mass is 305 g/mol. The molecule has 112 valence electrons. The second-order valence-corrected chi connectivity index (χ2v) is 6.54. The number of aryl methyl sites for hydroxylation is 1. The lowest BCUT2D eigenvalue weighted by molar-refractivity contribution is -0.123. The number of ether oxygens (including phenoxy) is 1. The summed E-state index contributed by atoms with van der Waals surface area (Å²) in [5, 5.41) is 3.73. The molecule has 0 unspecified atom stereocenters. The van der Waals surface area contributed by atoms with E-state index >= 15 is 0 Å². The second-order valence-electron chi connectivity index (χ2n) is 5.45. The smallest absolute Gasteiger partial charge is 0.257 e. The molecular weight excluding hydrogens is 286 g/mol. The van der Waals surface area contributed by atoms with E-state index in [4.69, 9.17) is 4.74 Å². The SMILES string of the molecule is CCNC(=O)COc1ncnc2sc3c(c12)CC[C@H](C)C3. The summed E-state index contributed by atoms with van der Waals surface area (Å²) >= 11 is 1.73. The first kappa shape index (κ1) is 14.3. The Morgan fingerprint density at radius 3 is 3.19 bits per heavy atom. The number of carbonyl (C=O) groups excluding carboxylic acids is 1. The average molecular weight is 305 g/mol. The van der Waals surface area contributed by atoms with Crippen LogP contribution in [0.5, 0.6) is 5.88 Å². The maximum atomic E-state index is 11.5. The molecule has 1 amide bonds. The van der Waals surface area contributed by atoms with Crippen molar-refractivity contribution in [3.63, 3.8) is 0 Å². The van der Waals surface area contributed by atoms with E-state index in [0.717, 1.165) is 29.0 Å². The van der Waals surface area contributed by atoms with Crippen molar-refractivity contribution in [2.24, 2.45) is 5.92 Å². The van der Waals surface area contributed by atoms with Gasteiger partial charge in [0.2, 0.25) is 5.88 Å². The van der Waals surface area contributed by atoms with Crippen LogP contribution in [0.1, 0.15) is 30.7 Å². The zero-order chi connectivity index (χ0) is 14.8. The van der Waals surface area contributed by atoms with Gasteiger partial charge in [-0.05, 0) is 37.7 Å². The van der Waals surface area contributed by atoms with E-state index in [1.165, 1.54) is 23.2 Å². The van der Waals surface area contributed by atoms with Crippen LogP contribution in [0.15, 0.2) is 6.33 Å². The molecule has 1 atom stereocenters. The molecule has 0 aliphatic heterocycles. The van der Waals surface area contributed by atoms with Crippen molar-refractivity contribution in [1.29, 1.82) is 0 Å². The van der Waals surface area contributed by atoms with Gasteiger partial charge in [-0.25, -0.2) is 9.97 Å². The molecule has 6 heteroatoms. The summed E-state index contributed by atoms with van der Waals surface area (Å²) in [6, 6.07) is 0. The van der Waals surface area contributed by atoms with E-state index in [1.54, 1.807) is 11.3 Å². The van der Waals surface area contributed by atoms with Crippen LogP contribution in [0.3, 0.4) is 0 Å². The molecule has 0 saturated heterocycles. The van der Waals surface area contributed by atoms with Crippen molar-refractivity contribution in [1.82, 2.24) is 15.3 Å². The van der Waals surface area contributed by atoms with Crippen LogP contribution < -0.4 is 10.1 Å². The van der Waals surface area contributed by atoms with Crippen LogP contribution in [0.25, 0.3) is 10.2 Å². The first-order valence-corrected chi connectivity index (χ1v) is 8.15. The quantitative estimate of drug-likeness (QED) is 0.941. The lowest BCUT2D eigenvalue weighted by Crippen LogP contribution is -2.28. The molecule has 0 spiro atoms. The average Bonchev–Trinajstić information content (AvgIpc) is 2.83. The molecule has 1 aliphatic rings. The molecule has 2 aromatic rings. The zero-order valence-electron chi connectivity index (χ0n) is 12.3. The van der Waals surface area contributed by atoms with Crippen LogP contribution in [0, 0.1) is 5.92 Å². The van der Waals surface area contributed by atoms with Crippen LogP contribution >= 0.6 is 11.3 Å². The fourth-order valence-corrected chi connectivity index (χ4v) is 4.08. The molecule has 0 aromatic carbocycles. The summed E-state index contributed by atoms with van der Waals surface area (Å²) < 4.78 is 5.63. The first-order valence-electron chi connectivity index (χ1n) is 7.33. The Morgan fingerprint density at radius 1 is 1.52 bits per heavy atom. The number of hydrogen-bond acceptors (Lipinski definition) is 5. The van der Waals surface area contributed by atoms with Gasteiger partial charge in [-0.1, -0.05) is 6.92 Å². The maximum Gasteiger partial charge on any atom is 0.257 e. The van der Waals surface area contributed by atoms with Gasteiger partial charge in [-0.15, -0.1) is 11.3 Å². The number of hydrogen-bond donors (Lipinski definition) is 1. The molecule has 1 N–H and O–H groups in total. The van der Waals surface area contributed by atoms with E-state index in [-0.39, 0.29) is 12.5 Å². The summed E-state index contributed by atoms with van der Waals surface area (Å²) in [6.07, 6.45) is 4.85. The van der Waals surface area contributed by atoms with Crippen molar-refractivity contribution in [2.75, 3.05) is 13.2 Å². The van der Waals surface area contributed by atoms with Crippen molar-refractivity contribution in [3.05, 3.63) is 16.8 Å². The summed E-state index contributed by atoms with van der Waals surface area (Å²) in [7, 11) is 0. The lowest BCUT2D eigenvalue weighted by atomic mass is 9.89. The molecule has 21 heavy (non-hydrogen) atoms. The van der Waals surface area contributed by atoms with Crippen LogP contribution in [-0.2, 0) is 17.6 Å². The number of amides is 1. The number of fused-ring (bicyclic) bond motifs is 3. The predicted molar refractivity (Wildman–Crippen MR) is 82.8 cm³/mol. The van der Waals surface area contributed by atoms with Crippen molar-refractivity contribution < 1.29 is 9.53 Å². The minimum absolute atomic E-state index is 0.000968. The maximum absolute atomic E-state index is 11.5. The van der Waals surface area contributed by atoms with Gasteiger partial charge in [-0.3, -0.25) is 4.79 Å². The van der Waals surface area contributed by atoms with E-state index in [9.17, 15) is 4.79 Å². The third kappa shape index (κ3) is 2.85. The number of thiophene rings is 1. The largest absolute Gasteiger partial charge is 0.467 e. The highest BCUT2D eigenvalue weighted by molar-refractivity contribution is 7.18. The number of carbonyl (C=O) groups is 1. The third-order valence-electron chi connectivity index (χ3n) is 3.77. The molecule has 1 aliphatic carbocycles. The Bertz CT molecular complexity index is 668. The number of nitrogens with one attached hydrogen (secondary N) is 1. The van der Waals surface area contributed by atoms with E-state index in [0.29, 0.717) is 12.4 Å². The van der Waals surface area contributed by atoms with Gasteiger partial charge in [0.15, 0.2) is 6.61 Å². The molecule has 2 aromatic heterocycles. The van der Waals surface area contributed by atoms with Gasteiger partial charge >= 0.3 is 0 Å². The summed E-state index contributed by atoms with van der Waals surface area (Å²) in [5.74, 6) is 1.14. The normalized spacial score (nSPS) is 17.5. The van der Waals surface area contributed by atoms with Gasteiger partial charge in [-0.2, -0.15) is 0 Å². The van der Waals surface area contributed by atoms with Gasteiger partial charge in [0.25, 0.3) is 5.91 Å². The molecular formula is C15H19N3O2S. The molecule has 0 fully saturated rings. The fraction of sp³-hybridized carbons (Fsp3) is 0.533. The van der Waals surface area contributed by atoms with E-state index in [2.05, 4.69) is 22.2 Å². The minimum atomic E-state index is -0.123. The van der Waals surface area contributed by atoms with E-state index in [1.807, 2.05) is 6.92 Å². The number of aromatic nitrogens is 2. The molecule has 5 nitrogen and oxygen atoms in total. The topological polar surface area (TPSA) is 64.1 Å². The van der Waals surface area contributed by atoms with Gasteiger partial charge in [0.05, 0.1) is 5.39 Å². The molecule has 0 radical (unpaired) electrons. The van der Waals surface area contributed by atoms with Gasteiger partial charge in [0.1, 0.15) is 11.2 Å². The standard InChI is InChI=1S/C15H19N3O2S/c1-3-16-12(19)7-20-14-13-10-5-4-9(2)6-11(10)21-15(13)18-8-17-14/h8-9H,3-7H2,1-2H3,(H,16,19)/t9-/m0/s1. The third-order valence-corrected chi connectivity index (χ3v) is 4.93. The summed E-state index contributed by atoms with van der Waals surface area (Å²) in [4.78, 5) is 22.5. The van der Waals surface area contributed by atoms with Gasteiger partial charge in [0, 0.05) is 11.4 Å². The van der Waals surface area contributed by atoms with Crippen molar-refractivity contribution >= 4 is 27.5 Å². The highest BCUT2D eigenvalue weighted by atomic mass is 32.1. The van der Waals surface area contributed by atoms with Crippen molar-refractivity contribution in [3.8, 4) is 5.88 Å². The Kier molecular flexibility index (Phi) is 4.05. The second kappa shape index (κ2) is 5.97.